The minimum absolute atomic E-state index is 0.186. The van der Waals surface area contributed by atoms with Gasteiger partial charge >= 0.3 is 0 Å². The molecule has 0 amide bonds. The van der Waals surface area contributed by atoms with Crippen molar-refractivity contribution in [3.63, 3.8) is 0 Å². The fourth-order valence-corrected chi connectivity index (χ4v) is 6.63. The molecule has 0 saturated carbocycles. The zero-order valence-corrected chi connectivity index (χ0v) is 21.4. The summed E-state index contributed by atoms with van der Waals surface area (Å²) in [6.45, 7) is 13.6. The summed E-state index contributed by atoms with van der Waals surface area (Å²) < 4.78 is 7.37. The minimum atomic E-state index is -0.186. The molecule has 2 saturated heterocycles. The lowest BCUT2D eigenvalue weighted by Gasteiger charge is -2.34. The van der Waals surface area contributed by atoms with Gasteiger partial charge in [-0.3, -0.25) is 4.90 Å². The van der Waals surface area contributed by atoms with Gasteiger partial charge < -0.3 is 19.9 Å². The highest BCUT2D eigenvalue weighted by molar-refractivity contribution is 7.26. The van der Waals surface area contributed by atoms with E-state index in [-0.39, 0.29) is 5.60 Å². The quantitative estimate of drug-likeness (QED) is 0.595. The van der Waals surface area contributed by atoms with Gasteiger partial charge in [0.15, 0.2) is 0 Å². The summed E-state index contributed by atoms with van der Waals surface area (Å²) in [5.41, 5.74) is 3.48. The van der Waals surface area contributed by atoms with Crippen molar-refractivity contribution in [2.24, 2.45) is 0 Å². The maximum absolute atomic E-state index is 6.25. The van der Waals surface area contributed by atoms with E-state index in [0.717, 1.165) is 85.5 Å². The van der Waals surface area contributed by atoms with Crippen LogP contribution in [0.15, 0.2) is 6.33 Å². The van der Waals surface area contributed by atoms with Crippen LogP contribution in [0, 0.1) is 0 Å². The first-order valence-electron chi connectivity index (χ1n) is 12.6. The lowest BCUT2D eigenvalue weighted by Crippen LogP contribution is -2.45. The minimum Gasteiger partial charge on any atom is -0.370 e. The summed E-state index contributed by atoms with van der Waals surface area (Å²) in [5, 5.41) is 4.82. The van der Waals surface area contributed by atoms with Gasteiger partial charge in [-0.25, -0.2) is 15.0 Å². The molecule has 3 aliphatic heterocycles. The van der Waals surface area contributed by atoms with Crippen LogP contribution in [0.25, 0.3) is 20.4 Å². The number of piperazine rings is 1. The molecule has 6 rings (SSSR count). The summed E-state index contributed by atoms with van der Waals surface area (Å²) in [6.07, 6.45) is 5.06. The molecule has 0 bridgehead atoms. The molecule has 3 aromatic rings. The third kappa shape index (κ3) is 4.12. The Kier molecular flexibility index (Phi) is 5.83. The number of thiophene rings is 1. The Morgan fingerprint density at radius 1 is 1.06 bits per heavy atom. The number of hydrogen-bond acceptors (Lipinski definition) is 9. The molecule has 9 heteroatoms. The van der Waals surface area contributed by atoms with E-state index in [1.165, 1.54) is 29.4 Å². The third-order valence-corrected chi connectivity index (χ3v) is 8.61. The maximum Gasteiger partial charge on any atom is 0.147 e. The Morgan fingerprint density at radius 2 is 1.85 bits per heavy atom. The zero-order valence-electron chi connectivity index (χ0n) is 20.6. The molecule has 3 aliphatic rings. The number of nitrogens with zero attached hydrogens (tertiary/aromatic N) is 6. The molecular formula is C25H35N7OS. The number of hydrogen-bond donors (Lipinski definition) is 1. The van der Waals surface area contributed by atoms with E-state index >= 15 is 0 Å². The van der Waals surface area contributed by atoms with E-state index in [1.54, 1.807) is 17.7 Å². The number of nitrogens with one attached hydrogen (secondary N) is 1. The van der Waals surface area contributed by atoms with Gasteiger partial charge in [-0.05, 0) is 39.3 Å². The zero-order chi connectivity index (χ0) is 23.3. The van der Waals surface area contributed by atoms with Gasteiger partial charge in [0.25, 0.3) is 0 Å². The van der Waals surface area contributed by atoms with Crippen LogP contribution in [0.3, 0.4) is 0 Å². The van der Waals surface area contributed by atoms with Gasteiger partial charge in [-0.2, -0.15) is 0 Å². The van der Waals surface area contributed by atoms with Crippen molar-refractivity contribution < 1.29 is 4.74 Å². The molecular weight excluding hydrogens is 446 g/mol. The normalized spacial score (nSPS) is 21.4. The van der Waals surface area contributed by atoms with Crippen LogP contribution in [0.1, 0.15) is 37.8 Å². The first-order chi connectivity index (χ1) is 16.5. The number of likely N-dealkylation sites (N-methyl/N-ethyl adjacent to an activating group) is 1. The van der Waals surface area contributed by atoms with E-state index in [2.05, 4.69) is 45.9 Å². The van der Waals surface area contributed by atoms with Crippen LogP contribution in [0.5, 0.6) is 0 Å². The Hall–Kier alpha value is -2.07. The number of pyridine rings is 1. The van der Waals surface area contributed by atoms with E-state index in [1.807, 2.05) is 0 Å². The van der Waals surface area contributed by atoms with Crippen molar-refractivity contribution in [1.29, 1.82) is 0 Å². The summed E-state index contributed by atoms with van der Waals surface area (Å²) in [7, 11) is 2.20. The fourth-order valence-electron chi connectivity index (χ4n) is 5.51. The van der Waals surface area contributed by atoms with Crippen molar-refractivity contribution in [3.05, 3.63) is 17.5 Å². The van der Waals surface area contributed by atoms with Crippen LogP contribution in [0.4, 0.5) is 11.6 Å². The topological polar surface area (TPSA) is 69.7 Å². The first kappa shape index (κ1) is 22.4. The average Bonchev–Trinajstić information content (AvgIpc) is 3.47. The third-order valence-electron chi connectivity index (χ3n) is 7.53. The van der Waals surface area contributed by atoms with Crippen molar-refractivity contribution in [1.82, 2.24) is 24.8 Å². The predicted octanol–water partition coefficient (Wildman–Crippen LogP) is 3.35. The predicted molar refractivity (Wildman–Crippen MR) is 139 cm³/mol. The van der Waals surface area contributed by atoms with Gasteiger partial charge in [0.05, 0.1) is 22.4 Å². The van der Waals surface area contributed by atoms with E-state index in [4.69, 9.17) is 14.7 Å². The molecule has 8 nitrogen and oxygen atoms in total. The molecule has 2 fully saturated rings. The van der Waals surface area contributed by atoms with Gasteiger partial charge in [0, 0.05) is 69.7 Å². The standard InChI is InChI=1S/C25H35N7OS/c1-25(2)14-17-18(15-33-25)23(32-7-4-5-8-32)29-24-19(17)20-21(34-24)22(28-16-27-20)26-6-9-31-12-10-30(3)11-13-31/h16H,4-15H2,1-3H3,(H,26,27,28). The van der Waals surface area contributed by atoms with Crippen LogP contribution >= 0.6 is 11.3 Å². The van der Waals surface area contributed by atoms with Crippen LogP contribution in [-0.4, -0.2) is 89.8 Å². The molecule has 0 atom stereocenters. The Balaban J connectivity index is 1.36. The van der Waals surface area contributed by atoms with Crippen LogP contribution in [-0.2, 0) is 17.8 Å². The number of anilines is 2. The largest absolute Gasteiger partial charge is 0.370 e. The molecule has 0 spiro atoms. The molecule has 3 aromatic heterocycles. The molecule has 1 N–H and O–H groups in total. The lowest BCUT2D eigenvalue weighted by atomic mass is 9.90. The van der Waals surface area contributed by atoms with Crippen molar-refractivity contribution >= 4 is 43.4 Å². The smallest absolute Gasteiger partial charge is 0.147 e. The summed E-state index contributed by atoms with van der Waals surface area (Å²) in [4.78, 5) is 23.1. The fraction of sp³-hybridized carbons (Fsp3) is 0.640. The van der Waals surface area contributed by atoms with Crippen LogP contribution < -0.4 is 10.2 Å². The van der Waals surface area contributed by atoms with E-state index in [9.17, 15) is 0 Å². The second-order valence-electron chi connectivity index (χ2n) is 10.6. The average molecular weight is 482 g/mol. The summed E-state index contributed by atoms with van der Waals surface area (Å²) in [5.74, 6) is 2.06. The lowest BCUT2D eigenvalue weighted by molar-refractivity contribution is -0.0395. The van der Waals surface area contributed by atoms with Gasteiger partial charge in [-0.15, -0.1) is 11.3 Å². The molecule has 6 heterocycles. The molecule has 0 aromatic carbocycles. The van der Waals surface area contributed by atoms with E-state index < -0.39 is 0 Å². The second-order valence-corrected chi connectivity index (χ2v) is 11.6. The number of rotatable bonds is 5. The number of ether oxygens (including phenoxy) is 1. The highest BCUT2D eigenvalue weighted by Crippen LogP contribution is 2.44. The Bertz CT molecular complexity index is 1200. The molecule has 0 aliphatic carbocycles. The maximum atomic E-state index is 6.25. The second kappa shape index (κ2) is 8.86. The Labute approximate surface area is 205 Å². The molecule has 0 radical (unpaired) electrons. The number of aromatic nitrogens is 3. The first-order valence-corrected chi connectivity index (χ1v) is 13.4. The summed E-state index contributed by atoms with van der Waals surface area (Å²) in [6, 6.07) is 0. The molecule has 0 unspecified atom stereocenters. The summed E-state index contributed by atoms with van der Waals surface area (Å²) >= 11 is 1.73. The highest BCUT2D eigenvalue weighted by Gasteiger charge is 2.33. The Morgan fingerprint density at radius 3 is 2.65 bits per heavy atom. The monoisotopic (exact) mass is 481 g/mol. The van der Waals surface area contributed by atoms with Crippen molar-refractivity contribution in [3.8, 4) is 0 Å². The van der Waals surface area contributed by atoms with Gasteiger partial charge in [0.1, 0.15) is 22.8 Å². The van der Waals surface area contributed by atoms with Gasteiger partial charge in [0.2, 0.25) is 0 Å². The molecule has 182 valence electrons. The number of fused-ring (bicyclic) bond motifs is 5. The van der Waals surface area contributed by atoms with E-state index in [0.29, 0.717) is 6.61 Å². The van der Waals surface area contributed by atoms with Crippen molar-refractivity contribution in [2.45, 2.75) is 45.3 Å². The van der Waals surface area contributed by atoms with Crippen LogP contribution in [0.2, 0.25) is 0 Å². The van der Waals surface area contributed by atoms with Gasteiger partial charge in [-0.1, -0.05) is 0 Å². The molecule has 34 heavy (non-hydrogen) atoms. The SMILES string of the molecule is CN1CCN(CCNc2ncnc3c2sc2nc(N4CCCC4)c4c(c23)CC(C)(C)OC4)CC1. The van der Waals surface area contributed by atoms with Crippen molar-refractivity contribution in [2.75, 3.05) is 69.6 Å². The highest BCUT2D eigenvalue weighted by atomic mass is 32.1.